The van der Waals surface area contributed by atoms with Crippen LogP contribution >= 0.6 is 15.9 Å². The first-order valence-corrected chi connectivity index (χ1v) is 7.07. The number of amides is 1. The molecule has 1 rings (SSSR count). The van der Waals surface area contributed by atoms with Crippen LogP contribution in [-0.4, -0.2) is 51.2 Å². The van der Waals surface area contributed by atoms with Gasteiger partial charge in [0.05, 0.1) is 13.2 Å². The molecule has 0 unspecified atom stereocenters. The van der Waals surface area contributed by atoms with Crippen molar-refractivity contribution in [3.63, 3.8) is 0 Å². The number of nitrogens with zero attached hydrogens (tertiary/aromatic N) is 1. The first kappa shape index (κ1) is 16.1. The summed E-state index contributed by atoms with van der Waals surface area (Å²) in [5.41, 5.74) is 1.65. The minimum Gasteiger partial charge on any atom is -0.378 e. The third-order valence-electron chi connectivity index (χ3n) is 2.73. The summed E-state index contributed by atoms with van der Waals surface area (Å²) in [5, 5.41) is 2.86. The number of benzene rings is 1. The quantitative estimate of drug-likeness (QED) is 0.779. The molecule has 0 spiro atoms. The number of rotatable bonds is 7. The maximum absolute atomic E-state index is 12.0. The van der Waals surface area contributed by atoms with Crippen molar-refractivity contribution in [2.24, 2.45) is 0 Å². The summed E-state index contributed by atoms with van der Waals surface area (Å²) < 4.78 is 6.37. The number of ether oxygens (including phenoxy) is 1. The van der Waals surface area contributed by atoms with Gasteiger partial charge in [-0.15, -0.1) is 0 Å². The third kappa shape index (κ3) is 5.72. The lowest BCUT2D eigenvalue weighted by molar-refractivity contribution is 0.0899. The Kier molecular flexibility index (Phi) is 7.05. The molecule has 19 heavy (non-hydrogen) atoms. The maximum Gasteiger partial charge on any atom is 0.251 e. The van der Waals surface area contributed by atoms with Crippen molar-refractivity contribution in [1.82, 2.24) is 10.2 Å². The number of hydrogen-bond donors (Lipinski definition) is 1. The smallest absolute Gasteiger partial charge is 0.251 e. The number of hydrogen-bond acceptors (Lipinski definition) is 3. The lowest BCUT2D eigenvalue weighted by Crippen LogP contribution is -2.28. The Morgan fingerprint density at radius 2 is 2.11 bits per heavy atom. The predicted octanol–water partition coefficient (Wildman–Crippen LogP) is 2.07. The molecular weight excluding hydrogens is 308 g/mol. The average Bonchev–Trinajstić information content (AvgIpc) is 2.36. The zero-order valence-electron chi connectivity index (χ0n) is 11.7. The summed E-state index contributed by atoms with van der Waals surface area (Å²) in [4.78, 5) is 14.0. The van der Waals surface area contributed by atoms with Gasteiger partial charge in [0.1, 0.15) is 0 Å². The van der Waals surface area contributed by atoms with E-state index in [2.05, 4.69) is 26.1 Å². The van der Waals surface area contributed by atoms with Gasteiger partial charge >= 0.3 is 0 Å². The highest BCUT2D eigenvalue weighted by molar-refractivity contribution is 9.10. The zero-order chi connectivity index (χ0) is 14.3. The van der Waals surface area contributed by atoms with Gasteiger partial charge in [0, 0.05) is 23.1 Å². The summed E-state index contributed by atoms with van der Waals surface area (Å²) >= 11 is 3.42. The molecule has 106 valence electrons. The van der Waals surface area contributed by atoms with E-state index in [1.807, 2.05) is 39.2 Å². The number of carbonyl (C=O) groups is 1. The number of halogens is 1. The molecule has 4 nitrogen and oxygen atoms in total. The molecule has 1 N–H and O–H groups in total. The summed E-state index contributed by atoms with van der Waals surface area (Å²) in [7, 11) is 4.00. The SMILES string of the molecule is Cc1c(Br)cccc1C(=O)NCCOCCN(C)C. The molecule has 0 aliphatic heterocycles. The van der Waals surface area contributed by atoms with Gasteiger partial charge in [-0.3, -0.25) is 4.79 Å². The van der Waals surface area contributed by atoms with Crippen LogP contribution in [0.15, 0.2) is 22.7 Å². The van der Waals surface area contributed by atoms with E-state index in [-0.39, 0.29) is 5.91 Å². The molecule has 0 atom stereocenters. The molecule has 0 saturated carbocycles. The van der Waals surface area contributed by atoms with E-state index in [1.165, 1.54) is 0 Å². The van der Waals surface area contributed by atoms with Crippen LogP contribution in [0.1, 0.15) is 15.9 Å². The van der Waals surface area contributed by atoms with Gasteiger partial charge in [-0.25, -0.2) is 0 Å². The van der Waals surface area contributed by atoms with Gasteiger partial charge in [-0.2, -0.15) is 0 Å². The number of nitrogens with one attached hydrogen (secondary N) is 1. The normalized spacial score (nSPS) is 10.8. The second kappa shape index (κ2) is 8.30. The van der Waals surface area contributed by atoms with Gasteiger partial charge in [-0.05, 0) is 38.7 Å². The molecule has 0 bridgehead atoms. The first-order valence-electron chi connectivity index (χ1n) is 6.28. The van der Waals surface area contributed by atoms with Gasteiger partial charge in [0.25, 0.3) is 5.91 Å². The van der Waals surface area contributed by atoms with E-state index in [1.54, 1.807) is 0 Å². The van der Waals surface area contributed by atoms with Gasteiger partial charge in [0.2, 0.25) is 0 Å². The lowest BCUT2D eigenvalue weighted by Gasteiger charge is -2.11. The number of likely N-dealkylation sites (N-methyl/N-ethyl adjacent to an activating group) is 1. The minimum atomic E-state index is -0.0602. The average molecular weight is 329 g/mol. The Hall–Kier alpha value is -0.910. The van der Waals surface area contributed by atoms with Crippen molar-refractivity contribution in [3.8, 4) is 0 Å². The highest BCUT2D eigenvalue weighted by Crippen LogP contribution is 2.19. The van der Waals surface area contributed by atoms with Crippen molar-refractivity contribution >= 4 is 21.8 Å². The van der Waals surface area contributed by atoms with Crippen LogP contribution in [0.2, 0.25) is 0 Å². The van der Waals surface area contributed by atoms with Crippen molar-refractivity contribution < 1.29 is 9.53 Å². The van der Waals surface area contributed by atoms with Crippen molar-refractivity contribution in [3.05, 3.63) is 33.8 Å². The summed E-state index contributed by atoms with van der Waals surface area (Å²) in [6.45, 7) is 4.55. The summed E-state index contributed by atoms with van der Waals surface area (Å²) in [6.07, 6.45) is 0. The second-order valence-electron chi connectivity index (χ2n) is 4.58. The fourth-order valence-corrected chi connectivity index (χ4v) is 1.90. The van der Waals surface area contributed by atoms with Crippen LogP contribution in [-0.2, 0) is 4.74 Å². The van der Waals surface area contributed by atoms with E-state index in [9.17, 15) is 4.79 Å². The van der Waals surface area contributed by atoms with Gasteiger partial charge < -0.3 is 15.0 Å². The third-order valence-corrected chi connectivity index (χ3v) is 3.59. The van der Waals surface area contributed by atoms with Crippen molar-refractivity contribution in [2.75, 3.05) is 40.4 Å². The van der Waals surface area contributed by atoms with Gasteiger partial charge in [-0.1, -0.05) is 22.0 Å². The first-order chi connectivity index (χ1) is 9.02. The Morgan fingerprint density at radius 1 is 1.37 bits per heavy atom. The van der Waals surface area contributed by atoms with E-state index in [0.29, 0.717) is 25.3 Å². The molecule has 0 aromatic heterocycles. The Balaban J connectivity index is 2.30. The van der Waals surface area contributed by atoms with E-state index in [0.717, 1.165) is 16.6 Å². The molecule has 0 fully saturated rings. The standard InChI is InChI=1S/C14H21BrN2O2/c1-11-12(5-4-6-13(11)15)14(18)16-7-9-19-10-8-17(2)3/h4-6H,7-10H2,1-3H3,(H,16,18). The second-order valence-corrected chi connectivity index (χ2v) is 5.44. The Labute approximate surface area is 123 Å². The van der Waals surface area contributed by atoms with Crippen LogP contribution < -0.4 is 5.32 Å². The number of carbonyl (C=O) groups excluding carboxylic acids is 1. The fraction of sp³-hybridized carbons (Fsp3) is 0.500. The Bertz CT molecular complexity index is 422. The van der Waals surface area contributed by atoms with E-state index in [4.69, 9.17) is 4.74 Å². The van der Waals surface area contributed by atoms with Crippen LogP contribution in [0.3, 0.4) is 0 Å². The van der Waals surface area contributed by atoms with E-state index < -0.39 is 0 Å². The monoisotopic (exact) mass is 328 g/mol. The molecular formula is C14H21BrN2O2. The molecule has 1 aromatic carbocycles. The van der Waals surface area contributed by atoms with Crippen LogP contribution in [0.5, 0.6) is 0 Å². The topological polar surface area (TPSA) is 41.6 Å². The summed E-state index contributed by atoms with van der Waals surface area (Å²) in [6, 6.07) is 5.61. The molecule has 0 aliphatic carbocycles. The predicted molar refractivity (Wildman–Crippen MR) is 80.6 cm³/mol. The van der Waals surface area contributed by atoms with Crippen LogP contribution in [0.25, 0.3) is 0 Å². The highest BCUT2D eigenvalue weighted by Gasteiger charge is 2.09. The van der Waals surface area contributed by atoms with Crippen LogP contribution in [0.4, 0.5) is 0 Å². The fourth-order valence-electron chi connectivity index (χ4n) is 1.53. The molecule has 1 aromatic rings. The molecule has 1 amide bonds. The minimum absolute atomic E-state index is 0.0602. The highest BCUT2D eigenvalue weighted by atomic mass is 79.9. The maximum atomic E-state index is 12.0. The zero-order valence-corrected chi connectivity index (χ0v) is 13.3. The summed E-state index contributed by atoms with van der Waals surface area (Å²) in [5.74, 6) is -0.0602. The largest absolute Gasteiger partial charge is 0.378 e. The molecule has 0 heterocycles. The Morgan fingerprint density at radius 3 is 2.79 bits per heavy atom. The van der Waals surface area contributed by atoms with E-state index >= 15 is 0 Å². The molecule has 0 saturated heterocycles. The lowest BCUT2D eigenvalue weighted by atomic mass is 10.1. The van der Waals surface area contributed by atoms with Crippen molar-refractivity contribution in [1.29, 1.82) is 0 Å². The van der Waals surface area contributed by atoms with Crippen molar-refractivity contribution in [2.45, 2.75) is 6.92 Å². The van der Waals surface area contributed by atoms with Crippen LogP contribution in [0, 0.1) is 6.92 Å². The molecule has 0 radical (unpaired) electrons. The molecule has 5 heteroatoms. The molecule has 0 aliphatic rings. The van der Waals surface area contributed by atoms with Gasteiger partial charge in [0.15, 0.2) is 0 Å².